The zero-order valence-corrected chi connectivity index (χ0v) is 16.0. The molecule has 0 spiro atoms. The van der Waals surface area contributed by atoms with Gasteiger partial charge in [0.1, 0.15) is 5.60 Å². The van der Waals surface area contributed by atoms with Gasteiger partial charge in [-0.25, -0.2) is 0 Å². The molecule has 0 bridgehead atoms. The van der Waals surface area contributed by atoms with Crippen molar-refractivity contribution >= 4 is 14.0 Å². The van der Waals surface area contributed by atoms with Crippen LogP contribution >= 0.6 is 0 Å². The number of hydrogen-bond acceptors (Lipinski definition) is 5. The van der Waals surface area contributed by atoms with E-state index in [1.165, 1.54) is 0 Å². The molecule has 0 aromatic heterocycles. The molecule has 2 aliphatic heterocycles. The van der Waals surface area contributed by atoms with Crippen molar-refractivity contribution in [2.24, 2.45) is 0 Å². The molecule has 0 saturated carbocycles. The molecule has 2 fully saturated rings. The molecule has 0 aromatic rings. The summed E-state index contributed by atoms with van der Waals surface area (Å²) in [5.41, 5.74) is -0.314. The Kier molecular flexibility index (Phi) is 4.86. The van der Waals surface area contributed by atoms with Gasteiger partial charge in [-0.1, -0.05) is 11.6 Å². The van der Waals surface area contributed by atoms with E-state index in [1.54, 1.807) is 0 Å². The summed E-state index contributed by atoms with van der Waals surface area (Å²) in [5.74, 6) is -0.870. The lowest BCUT2D eigenvalue weighted by molar-refractivity contribution is -0.209. The monoisotopic (exact) mass is 324 g/mol. The second-order valence-electron chi connectivity index (χ2n) is 8.11. The van der Waals surface area contributed by atoms with Crippen molar-refractivity contribution in [2.45, 2.75) is 84.9 Å². The SMILES string of the molecule is C/C=C(\C)COC1(C)OB(B2OC(C)(C)C(C)(C)O2)OC1(C)C. The minimum atomic E-state index is -0.870. The van der Waals surface area contributed by atoms with Crippen molar-refractivity contribution in [2.75, 3.05) is 6.61 Å². The van der Waals surface area contributed by atoms with Crippen molar-refractivity contribution in [3.63, 3.8) is 0 Å². The summed E-state index contributed by atoms with van der Waals surface area (Å²) in [6.45, 7) is 18.4. The summed E-state index contributed by atoms with van der Waals surface area (Å²) in [6, 6.07) is 0. The fourth-order valence-electron chi connectivity index (χ4n) is 2.44. The molecule has 2 rings (SSSR count). The van der Waals surface area contributed by atoms with E-state index < -0.39 is 36.6 Å². The Morgan fingerprint density at radius 2 is 1.26 bits per heavy atom. The van der Waals surface area contributed by atoms with Crippen molar-refractivity contribution in [3.05, 3.63) is 11.6 Å². The smallest absolute Gasteiger partial charge is 0.405 e. The first kappa shape index (κ1) is 19.0. The molecule has 2 heterocycles. The molecule has 130 valence electrons. The van der Waals surface area contributed by atoms with Crippen LogP contribution in [0.3, 0.4) is 0 Å². The van der Waals surface area contributed by atoms with Crippen LogP contribution in [0.2, 0.25) is 0 Å². The van der Waals surface area contributed by atoms with Crippen LogP contribution in [0.15, 0.2) is 11.6 Å². The van der Waals surface area contributed by atoms with E-state index >= 15 is 0 Å². The average molecular weight is 324 g/mol. The summed E-state index contributed by atoms with van der Waals surface area (Å²) in [5, 5.41) is 0. The fourth-order valence-corrected chi connectivity index (χ4v) is 2.44. The van der Waals surface area contributed by atoms with E-state index in [2.05, 4.69) is 0 Å². The summed E-state index contributed by atoms with van der Waals surface area (Å²) in [4.78, 5) is 0. The Balaban J connectivity index is 2.11. The average Bonchev–Trinajstić information content (AvgIpc) is 2.78. The van der Waals surface area contributed by atoms with Crippen LogP contribution in [0.4, 0.5) is 0 Å². The topological polar surface area (TPSA) is 46.2 Å². The van der Waals surface area contributed by atoms with E-state index in [-0.39, 0.29) is 0 Å². The lowest BCUT2D eigenvalue weighted by Gasteiger charge is -2.36. The normalized spacial score (nSPS) is 32.7. The highest BCUT2D eigenvalue weighted by molar-refractivity contribution is 7.11. The van der Waals surface area contributed by atoms with Crippen LogP contribution in [-0.2, 0) is 23.4 Å². The third kappa shape index (κ3) is 3.40. The molecule has 23 heavy (non-hydrogen) atoms. The van der Waals surface area contributed by atoms with E-state index in [9.17, 15) is 0 Å². The highest BCUT2D eigenvalue weighted by Crippen LogP contribution is 2.43. The first-order valence-corrected chi connectivity index (χ1v) is 8.31. The first-order valence-electron chi connectivity index (χ1n) is 8.31. The van der Waals surface area contributed by atoms with Gasteiger partial charge in [-0.3, -0.25) is 0 Å². The third-order valence-corrected chi connectivity index (χ3v) is 5.41. The van der Waals surface area contributed by atoms with Gasteiger partial charge in [0, 0.05) is 0 Å². The van der Waals surface area contributed by atoms with Gasteiger partial charge < -0.3 is 23.4 Å². The van der Waals surface area contributed by atoms with E-state index in [1.807, 2.05) is 68.4 Å². The Hall–Kier alpha value is -0.330. The molecule has 0 N–H and O–H groups in total. The minimum Gasteiger partial charge on any atom is -0.405 e. The maximum absolute atomic E-state index is 6.11. The fraction of sp³-hybridized carbons (Fsp3) is 0.875. The predicted octanol–water partition coefficient (Wildman–Crippen LogP) is 3.17. The van der Waals surface area contributed by atoms with Crippen LogP contribution in [-0.4, -0.2) is 43.2 Å². The Morgan fingerprint density at radius 1 is 0.826 bits per heavy atom. The Morgan fingerprint density at radius 3 is 1.74 bits per heavy atom. The highest BCUT2D eigenvalue weighted by atomic mass is 16.8. The maximum atomic E-state index is 6.11. The number of hydrogen-bond donors (Lipinski definition) is 0. The molecule has 0 aliphatic carbocycles. The molecule has 1 unspecified atom stereocenters. The first-order chi connectivity index (χ1) is 10.3. The lowest BCUT2D eigenvalue weighted by Crippen LogP contribution is -2.47. The minimum absolute atomic E-state index is 0.421. The predicted molar refractivity (Wildman–Crippen MR) is 91.9 cm³/mol. The Bertz CT molecular complexity index is 473. The molecular formula is C16H30B2O5. The molecule has 0 amide bonds. The standard InChI is InChI=1S/C16H30B2O5/c1-10-12(2)11-19-16(9)15(7,8)22-18(23-16)17-20-13(3,4)14(5,6)21-17/h10H,11H2,1-9H3/b12-10+. The maximum Gasteiger partial charge on any atom is 0.490 e. The van der Waals surface area contributed by atoms with E-state index in [4.69, 9.17) is 23.4 Å². The molecule has 0 aromatic carbocycles. The van der Waals surface area contributed by atoms with Crippen molar-refractivity contribution in [1.29, 1.82) is 0 Å². The van der Waals surface area contributed by atoms with Crippen LogP contribution in [0.1, 0.15) is 62.3 Å². The Labute approximate surface area is 141 Å². The van der Waals surface area contributed by atoms with Crippen molar-refractivity contribution < 1.29 is 23.4 Å². The molecule has 5 nitrogen and oxygen atoms in total. The summed E-state index contributed by atoms with van der Waals surface area (Å²) < 4.78 is 30.3. The number of allylic oxidation sites excluding steroid dienone is 1. The van der Waals surface area contributed by atoms with E-state index in [0.717, 1.165) is 5.57 Å². The second kappa shape index (κ2) is 5.88. The number of rotatable bonds is 4. The highest BCUT2D eigenvalue weighted by Gasteiger charge is 2.65. The van der Waals surface area contributed by atoms with E-state index in [0.29, 0.717) is 6.61 Å². The van der Waals surface area contributed by atoms with Crippen molar-refractivity contribution in [3.8, 4) is 0 Å². The van der Waals surface area contributed by atoms with Gasteiger partial charge in [0.15, 0.2) is 5.79 Å². The van der Waals surface area contributed by atoms with Crippen LogP contribution in [0.25, 0.3) is 0 Å². The van der Waals surface area contributed by atoms with Gasteiger partial charge in [0.25, 0.3) is 0 Å². The van der Waals surface area contributed by atoms with Gasteiger partial charge in [-0.2, -0.15) is 0 Å². The van der Waals surface area contributed by atoms with Crippen LogP contribution < -0.4 is 0 Å². The zero-order chi connectivity index (χ0) is 17.7. The summed E-state index contributed by atoms with van der Waals surface area (Å²) in [7, 11) is -1.20. The quantitative estimate of drug-likeness (QED) is 0.587. The van der Waals surface area contributed by atoms with Gasteiger partial charge in [0.2, 0.25) is 0 Å². The molecule has 2 aliphatic rings. The summed E-state index contributed by atoms with van der Waals surface area (Å²) >= 11 is 0. The van der Waals surface area contributed by atoms with Crippen LogP contribution in [0, 0.1) is 0 Å². The number of ether oxygens (including phenoxy) is 1. The zero-order valence-electron chi connectivity index (χ0n) is 16.0. The van der Waals surface area contributed by atoms with Gasteiger partial charge in [-0.15, -0.1) is 0 Å². The third-order valence-electron chi connectivity index (χ3n) is 5.41. The van der Waals surface area contributed by atoms with Gasteiger partial charge in [0.05, 0.1) is 17.8 Å². The summed E-state index contributed by atoms with van der Waals surface area (Å²) in [6.07, 6.45) is 2.03. The molecule has 7 heteroatoms. The molecule has 0 radical (unpaired) electrons. The lowest BCUT2D eigenvalue weighted by atomic mass is 9.49. The van der Waals surface area contributed by atoms with Crippen LogP contribution in [0.5, 0.6) is 0 Å². The van der Waals surface area contributed by atoms with Gasteiger partial charge >= 0.3 is 14.0 Å². The molecular weight excluding hydrogens is 294 g/mol. The molecule has 2 saturated heterocycles. The van der Waals surface area contributed by atoms with Gasteiger partial charge in [-0.05, 0) is 62.3 Å². The molecule has 1 atom stereocenters. The largest absolute Gasteiger partial charge is 0.490 e. The van der Waals surface area contributed by atoms with Crippen molar-refractivity contribution in [1.82, 2.24) is 0 Å². The second-order valence-corrected chi connectivity index (χ2v) is 8.11.